The summed E-state index contributed by atoms with van der Waals surface area (Å²) in [5, 5.41) is 5.28. The van der Waals surface area contributed by atoms with Crippen LogP contribution in [0, 0.1) is 5.92 Å². The number of carbonyl (C=O) groups excluding carboxylic acids is 3. The van der Waals surface area contributed by atoms with Gasteiger partial charge in [-0.1, -0.05) is 32.4 Å². The van der Waals surface area contributed by atoms with Crippen LogP contribution in [0.1, 0.15) is 37.6 Å². The molecule has 2 N–H and O–H groups in total. The summed E-state index contributed by atoms with van der Waals surface area (Å²) in [4.78, 5) is 35.5. The van der Waals surface area contributed by atoms with Crippen LogP contribution >= 0.6 is 0 Å². The molecular weight excluding hydrogens is 284 g/mol. The topological polar surface area (TPSA) is 84.5 Å². The van der Waals surface area contributed by atoms with Gasteiger partial charge in [-0.2, -0.15) is 0 Å². The molecule has 0 saturated carbocycles. The van der Waals surface area contributed by atoms with Crippen molar-refractivity contribution < 1.29 is 19.1 Å². The smallest absolute Gasteiger partial charge is 0.328 e. The molecule has 1 aromatic rings. The number of carbonyl (C=O) groups is 3. The predicted octanol–water partition coefficient (Wildman–Crippen LogP) is 1.96. The van der Waals surface area contributed by atoms with E-state index in [4.69, 9.17) is 4.74 Å². The van der Waals surface area contributed by atoms with Gasteiger partial charge in [0.25, 0.3) is 5.91 Å². The van der Waals surface area contributed by atoms with Crippen LogP contribution in [0.5, 0.6) is 0 Å². The lowest BCUT2D eigenvalue weighted by Crippen LogP contribution is -2.45. The summed E-state index contributed by atoms with van der Waals surface area (Å²) in [7, 11) is 1.29. The van der Waals surface area contributed by atoms with Crippen molar-refractivity contribution in [2.75, 3.05) is 12.4 Å². The number of rotatable bonds is 6. The number of hydrogen-bond acceptors (Lipinski definition) is 4. The normalized spacial score (nSPS) is 12.9. The lowest BCUT2D eigenvalue weighted by atomic mass is 9.98. The van der Waals surface area contributed by atoms with E-state index in [-0.39, 0.29) is 11.8 Å². The molecule has 0 aliphatic rings. The van der Waals surface area contributed by atoms with Crippen molar-refractivity contribution in [3.8, 4) is 0 Å². The molecule has 0 bridgehead atoms. The highest BCUT2D eigenvalue weighted by atomic mass is 16.5. The quantitative estimate of drug-likeness (QED) is 0.787. The Bertz CT molecular complexity index is 557. The van der Waals surface area contributed by atoms with Crippen LogP contribution in [0.2, 0.25) is 0 Å². The van der Waals surface area contributed by atoms with E-state index < -0.39 is 17.9 Å². The molecule has 0 radical (unpaired) electrons. The number of esters is 1. The summed E-state index contributed by atoms with van der Waals surface area (Å²) in [5.74, 6) is -1.25. The molecule has 2 amide bonds. The maximum atomic E-state index is 12.4. The summed E-state index contributed by atoms with van der Waals surface area (Å²) >= 11 is 0. The fraction of sp³-hybridized carbons (Fsp3) is 0.438. The number of hydrogen-bond donors (Lipinski definition) is 2. The van der Waals surface area contributed by atoms with Gasteiger partial charge in [0.05, 0.1) is 18.4 Å². The molecule has 0 unspecified atom stereocenters. The summed E-state index contributed by atoms with van der Waals surface area (Å²) in [5.41, 5.74) is 0.704. The molecular formula is C16H22N2O4. The summed E-state index contributed by atoms with van der Waals surface area (Å²) in [6.07, 6.45) is 0.716. The van der Waals surface area contributed by atoms with E-state index in [9.17, 15) is 14.4 Å². The molecule has 0 aliphatic heterocycles. The Labute approximate surface area is 130 Å². The molecule has 0 fully saturated rings. The second kappa shape index (κ2) is 8.17. The maximum Gasteiger partial charge on any atom is 0.328 e. The largest absolute Gasteiger partial charge is 0.467 e. The molecule has 0 heterocycles. The van der Waals surface area contributed by atoms with E-state index >= 15 is 0 Å². The van der Waals surface area contributed by atoms with Crippen molar-refractivity contribution >= 4 is 23.5 Å². The number of para-hydroxylation sites is 1. The molecule has 0 aliphatic carbocycles. The molecule has 1 aromatic carbocycles. The average molecular weight is 306 g/mol. The number of ether oxygens (including phenoxy) is 1. The van der Waals surface area contributed by atoms with E-state index in [0.717, 1.165) is 0 Å². The van der Waals surface area contributed by atoms with Gasteiger partial charge in [-0.05, 0) is 18.1 Å². The zero-order valence-corrected chi connectivity index (χ0v) is 13.3. The number of nitrogens with one attached hydrogen (secondary N) is 2. The zero-order valence-electron chi connectivity index (χ0n) is 13.3. The van der Waals surface area contributed by atoms with Gasteiger partial charge in [-0.25, -0.2) is 4.79 Å². The van der Waals surface area contributed by atoms with Crippen LogP contribution in [-0.2, 0) is 14.3 Å². The van der Waals surface area contributed by atoms with Gasteiger partial charge in [-0.3, -0.25) is 9.59 Å². The molecule has 0 spiro atoms. The van der Waals surface area contributed by atoms with E-state index in [2.05, 4.69) is 10.6 Å². The fourth-order valence-corrected chi connectivity index (χ4v) is 1.99. The van der Waals surface area contributed by atoms with Gasteiger partial charge >= 0.3 is 5.97 Å². The van der Waals surface area contributed by atoms with E-state index in [0.29, 0.717) is 17.7 Å². The molecule has 2 atom stereocenters. The van der Waals surface area contributed by atoms with Crippen molar-refractivity contribution in [2.24, 2.45) is 5.92 Å². The monoisotopic (exact) mass is 306 g/mol. The first kappa shape index (κ1) is 17.7. The van der Waals surface area contributed by atoms with Gasteiger partial charge in [0.2, 0.25) is 5.91 Å². The lowest BCUT2D eigenvalue weighted by molar-refractivity contribution is -0.144. The zero-order chi connectivity index (χ0) is 16.7. The van der Waals surface area contributed by atoms with E-state index in [1.165, 1.54) is 14.0 Å². The second-order valence-electron chi connectivity index (χ2n) is 5.09. The molecule has 0 saturated heterocycles. The van der Waals surface area contributed by atoms with Crippen LogP contribution in [0.25, 0.3) is 0 Å². The minimum Gasteiger partial charge on any atom is -0.467 e. The Kier molecular flexibility index (Phi) is 6.56. The SMILES string of the molecule is CC[C@@H](C)[C@H](NC(=O)c1ccccc1NC(C)=O)C(=O)OC. The number of anilines is 1. The molecule has 6 heteroatoms. The Morgan fingerprint density at radius 2 is 1.86 bits per heavy atom. The van der Waals surface area contributed by atoms with Crippen LogP contribution in [0.15, 0.2) is 24.3 Å². The lowest BCUT2D eigenvalue weighted by Gasteiger charge is -2.22. The third-order valence-corrected chi connectivity index (χ3v) is 3.44. The minimum atomic E-state index is -0.729. The Balaban J connectivity index is 3.00. The minimum absolute atomic E-state index is 0.0654. The summed E-state index contributed by atoms with van der Waals surface area (Å²) < 4.78 is 4.74. The first-order chi connectivity index (χ1) is 10.4. The van der Waals surface area contributed by atoms with Crippen LogP contribution in [-0.4, -0.2) is 30.9 Å². The van der Waals surface area contributed by atoms with Crippen molar-refractivity contribution in [3.63, 3.8) is 0 Å². The van der Waals surface area contributed by atoms with Crippen molar-refractivity contribution in [3.05, 3.63) is 29.8 Å². The Hall–Kier alpha value is -2.37. The Morgan fingerprint density at radius 3 is 2.41 bits per heavy atom. The third kappa shape index (κ3) is 4.58. The van der Waals surface area contributed by atoms with Crippen LogP contribution in [0.3, 0.4) is 0 Å². The van der Waals surface area contributed by atoms with Crippen molar-refractivity contribution in [1.82, 2.24) is 5.32 Å². The maximum absolute atomic E-state index is 12.4. The molecule has 6 nitrogen and oxygen atoms in total. The third-order valence-electron chi connectivity index (χ3n) is 3.44. The number of benzene rings is 1. The highest BCUT2D eigenvalue weighted by Crippen LogP contribution is 2.16. The second-order valence-corrected chi connectivity index (χ2v) is 5.09. The number of methoxy groups -OCH3 is 1. The van der Waals surface area contributed by atoms with Gasteiger partial charge in [0.15, 0.2) is 0 Å². The molecule has 22 heavy (non-hydrogen) atoms. The first-order valence-electron chi connectivity index (χ1n) is 7.16. The Morgan fingerprint density at radius 1 is 1.23 bits per heavy atom. The van der Waals surface area contributed by atoms with Gasteiger partial charge in [0, 0.05) is 6.92 Å². The van der Waals surface area contributed by atoms with Crippen molar-refractivity contribution in [1.29, 1.82) is 0 Å². The van der Waals surface area contributed by atoms with Gasteiger partial charge in [0.1, 0.15) is 6.04 Å². The highest BCUT2D eigenvalue weighted by molar-refractivity contribution is 6.04. The first-order valence-corrected chi connectivity index (χ1v) is 7.16. The highest BCUT2D eigenvalue weighted by Gasteiger charge is 2.27. The van der Waals surface area contributed by atoms with Gasteiger partial charge in [-0.15, -0.1) is 0 Å². The number of amides is 2. The molecule has 1 rings (SSSR count). The summed E-state index contributed by atoms with van der Waals surface area (Å²) in [6, 6.07) is 5.90. The van der Waals surface area contributed by atoms with Crippen molar-refractivity contribution in [2.45, 2.75) is 33.2 Å². The van der Waals surface area contributed by atoms with Crippen LogP contribution in [0.4, 0.5) is 5.69 Å². The molecule has 0 aromatic heterocycles. The van der Waals surface area contributed by atoms with E-state index in [1.54, 1.807) is 24.3 Å². The average Bonchev–Trinajstić information content (AvgIpc) is 2.50. The standard InChI is InChI=1S/C16H22N2O4/c1-5-10(2)14(16(21)22-4)18-15(20)12-8-6-7-9-13(12)17-11(3)19/h6-10,14H,5H2,1-4H3,(H,17,19)(H,18,20)/t10-,14+/m1/s1. The summed E-state index contributed by atoms with van der Waals surface area (Å²) in [6.45, 7) is 5.16. The molecule has 120 valence electrons. The van der Waals surface area contributed by atoms with Gasteiger partial charge < -0.3 is 15.4 Å². The predicted molar refractivity (Wildman–Crippen MR) is 83.5 cm³/mol. The fourth-order valence-electron chi connectivity index (χ4n) is 1.99. The van der Waals surface area contributed by atoms with Crippen LogP contribution < -0.4 is 10.6 Å². The van der Waals surface area contributed by atoms with E-state index in [1.807, 2.05) is 13.8 Å².